The van der Waals surface area contributed by atoms with Gasteiger partial charge in [0.25, 0.3) is 6.43 Å². The number of aryl methyl sites for hydroxylation is 1. The molecule has 0 saturated carbocycles. The Labute approximate surface area is 218 Å². The number of pyridine rings is 2. The van der Waals surface area contributed by atoms with Gasteiger partial charge >= 0.3 is 0 Å². The van der Waals surface area contributed by atoms with Crippen LogP contribution in [0.3, 0.4) is 0 Å². The van der Waals surface area contributed by atoms with E-state index in [1.165, 1.54) is 33.2 Å². The van der Waals surface area contributed by atoms with E-state index in [4.69, 9.17) is 17.3 Å². The summed E-state index contributed by atoms with van der Waals surface area (Å²) in [5, 5.41) is 12.5. The van der Waals surface area contributed by atoms with Crippen molar-refractivity contribution in [2.75, 3.05) is 5.32 Å². The fourth-order valence-corrected chi connectivity index (χ4v) is 3.92. The summed E-state index contributed by atoms with van der Waals surface area (Å²) in [5.41, 5.74) is 3.00. The largest absolute Gasteiger partial charge is 0.382 e. The lowest BCUT2D eigenvalue weighted by Gasteiger charge is -2.23. The van der Waals surface area contributed by atoms with Crippen LogP contribution < -0.4 is 11.1 Å². The van der Waals surface area contributed by atoms with Gasteiger partial charge in [-0.3, -0.25) is 4.79 Å². The van der Waals surface area contributed by atoms with Crippen LogP contribution in [0, 0.1) is 18.6 Å². The molecule has 1 amide bonds. The minimum atomic E-state index is -3.17. The number of hydrogen-bond donors (Lipinski definition) is 3. The SMILES string of the molecule is Cc1nc2cc(F)c(-c3cnc(C(C)(C)O)nc3)nc2c(N[C@@H](c2cc(C(N)=O)ccc2F)C(F)F)c1Cl. The van der Waals surface area contributed by atoms with Gasteiger partial charge in [0, 0.05) is 35.2 Å². The van der Waals surface area contributed by atoms with E-state index in [-0.39, 0.29) is 50.1 Å². The average molecular weight is 549 g/mol. The van der Waals surface area contributed by atoms with Crippen molar-refractivity contribution in [1.82, 2.24) is 19.9 Å². The molecule has 4 aromatic rings. The zero-order chi connectivity index (χ0) is 27.9. The number of nitrogens with zero attached hydrogens (tertiary/aromatic N) is 4. The molecule has 0 fully saturated rings. The normalized spacial score (nSPS) is 12.7. The molecular formula is C25H21ClF4N6O2. The number of nitrogens with one attached hydrogen (secondary N) is 1. The lowest BCUT2D eigenvalue weighted by atomic mass is 10.0. The van der Waals surface area contributed by atoms with Gasteiger partial charge in [0.1, 0.15) is 28.7 Å². The molecule has 0 saturated heterocycles. The molecule has 13 heteroatoms. The number of anilines is 1. The number of carbonyl (C=O) groups is 1. The van der Waals surface area contributed by atoms with Crippen molar-refractivity contribution in [1.29, 1.82) is 0 Å². The average Bonchev–Trinajstić information content (AvgIpc) is 2.84. The van der Waals surface area contributed by atoms with Gasteiger partial charge in [0.15, 0.2) is 11.6 Å². The summed E-state index contributed by atoms with van der Waals surface area (Å²) in [4.78, 5) is 28.1. The maximum atomic E-state index is 15.1. The first kappa shape index (κ1) is 27.1. The molecule has 1 atom stereocenters. The molecule has 0 aliphatic heterocycles. The molecule has 0 bridgehead atoms. The predicted molar refractivity (Wildman–Crippen MR) is 133 cm³/mol. The maximum absolute atomic E-state index is 15.1. The van der Waals surface area contributed by atoms with Gasteiger partial charge in [-0.1, -0.05) is 11.6 Å². The summed E-state index contributed by atoms with van der Waals surface area (Å²) in [5.74, 6) is -2.65. The van der Waals surface area contributed by atoms with Crippen molar-refractivity contribution in [3.8, 4) is 11.3 Å². The Balaban J connectivity index is 1.88. The third-order valence-electron chi connectivity index (χ3n) is 5.66. The van der Waals surface area contributed by atoms with Gasteiger partial charge in [-0.25, -0.2) is 37.5 Å². The molecule has 1 aromatic carbocycles. The molecule has 8 nitrogen and oxygen atoms in total. The number of aliphatic hydroxyl groups is 1. The third kappa shape index (κ3) is 5.22. The first-order chi connectivity index (χ1) is 17.8. The van der Waals surface area contributed by atoms with Crippen LogP contribution in [-0.4, -0.2) is 37.4 Å². The number of alkyl halides is 2. The van der Waals surface area contributed by atoms with Crippen LogP contribution in [0.15, 0.2) is 36.7 Å². The quantitative estimate of drug-likeness (QED) is 0.275. The summed E-state index contributed by atoms with van der Waals surface area (Å²) in [6.45, 7) is 4.44. The lowest BCUT2D eigenvalue weighted by Crippen LogP contribution is -2.22. The third-order valence-corrected chi connectivity index (χ3v) is 6.12. The number of amides is 1. The van der Waals surface area contributed by atoms with Gasteiger partial charge in [-0.15, -0.1) is 0 Å². The molecular weight excluding hydrogens is 528 g/mol. The number of fused-ring (bicyclic) bond motifs is 1. The van der Waals surface area contributed by atoms with E-state index < -0.39 is 41.2 Å². The Morgan fingerprint density at radius 3 is 2.34 bits per heavy atom. The summed E-state index contributed by atoms with van der Waals surface area (Å²) in [6.07, 6.45) is -0.670. The number of carbonyl (C=O) groups excluding carboxylic acids is 1. The van der Waals surface area contributed by atoms with Crippen molar-refractivity contribution in [3.05, 3.63) is 76.0 Å². The molecule has 38 heavy (non-hydrogen) atoms. The smallest absolute Gasteiger partial charge is 0.262 e. The van der Waals surface area contributed by atoms with Gasteiger partial charge in [-0.2, -0.15) is 0 Å². The van der Waals surface area contributed by atoms with E-state index in [1.54, 1.807) is 0 Å². The number of primary amides is 1. The predicted octanol–water partition coefficient (Wildman–Crippen LogP) is 5.07. The van der Waals surface area contributed by atoms with E-state index in [9.17, 15) is 23.1 Å². The van der Waals surface area contributed by atoms with Crippen LogP contribution in [0.25, 0.3) is 22.3 Å². The molecule has 198 valence electrons. The lowest BCUT2D eigenvalue weighted by molar-refractivity contribution is 0.0687. The van der Waals surface area contributed by atoms with Crippen molar-refractivity contribution in [3.63, 3.8) is 0 Å². The first-order valence-electron chi connectivity index (χ1n) is 11.1. The highest BCUT2D eigenvalue weighted by Crippen LogP contribution is 2.38. The number of hydrogen-bond acceptors (Lipinski definition) is 7. The number of nitrogens with two attached hydrogens (primary N) is 1. The molecule has 4 N–H and O–H groups in total. The zero-order valence-corrected chi connectivity index (χ0v) is 21.0. The van der Waals surface area contributed by atoms with E-state index in [0.29, 0.717) is 0 Å². The van der Waals surface area contributed by atoms with Crippen LogP contribution in [0.1, 0.15) is 47.3 Å². The minimum absolute atomic E-state index is 0.0101. The van der Waals surface area contributed by atoms with Crippen LogP contribution in [0.4, 0.5) is 23.2 Å². The van der Waals surface area contributed by atoms with Crippen LogP contribution in [0.2, 0.25) is 5.02 Å². The molecule has 0 spiro atoms. The Morgan fingerprint density at radius 1 is 1.11 bits per heavy atom. The minimum Gasteiger partial charge on any atom is -0.382 e. The number of aromatic nitrogens is 4. The fourth-order valence-electron chi connectivity index (χ4n) is 3.73. The van der Waals surface area contributed by atoms with Crippen molar-refractivity contribution in [2.24, 2.45) is 5.73 Å². The monoisotopic (exact) mass is 548 g/mol. The second-order valence-corrected chi connectivity index (χ2v) is 9.36. The molecule has 3 aromatic heterocycles. The first-order valence-corrected chi connectivity index (χ1v) is 11.5. The molecule has 0 aliphatic carbocycles. The van der Waals surface area contributed by atoms with Crippen molar-refractivity contribution in [2.45, 2.75) is 38.8 Å². The molecule has 3 heterocycles. The van der Waals surface area contributed by atoms with Crippen molar-refractivity contribution >= 4 is 34.2 Å². The zero-order valence-electron chi connectivity index (χ0n) is 20.2. The number of halogens is 5. The highest BCUT2D eigenvalue weighted by Gasteiger charge is 2.29. The van der Waals surface area contributed by atoms with Gasteiger partial charge in [0.2, 0.25) is 5.91 Å². The highest BCUT2D eigenvalue weighted by atomic mass is 35.5. The van der Waals surface area contributed by atoms with Crippen LogP contribution in [0.5, 0.6) is 0 Å². The van der Waals surface area contributed by atoms with Crippen LogP contribution >= 0.6 is 11.6 Å². The molecule has 0 unspecified atom stereocenters. The summed E-state index contributed by atoms with van der Waals surface area (Å²) in [7, 11) is 0. The second-order valence-electron chi connectivity index (χ2n) is 8.98. The summed E-state index contributed by atoms with van der Waals surface area (Å²) in [6, 6.07) is 1.91. The fraction of sp³-hybridized carbons (Fsp3) is 0.240. The summed E-state index contributed by atoms with van der Waals surface area (Å²) < 4.78 is 58.2. The van der Waals surface area contributed by atoms with E-state index >= 15 is 4.39 Å². The van der Waals surface area contributed by atoms with Gasteiger partial charge in [0.05, 0.1) is 21.9 Å². The molecule has 4 rings (SSSR count). The Hall–Kier alpha value is -3.90. The standard InChI is InChI=1S/C25H21ClF4N6O2/c1-10-17(26)21(36-19(22(29)30)13-6-11(23(31)37)4-5-14(13)27)20-16(34-10)7-15(28)18(35-20)12-8-32-24(33-9-12)25(2,3)38/h4-9,19,22,38H,1-3H3,(H2,31,37)(H,34,36)/t19-/m0/s1. The topological polar surface area (TPSA) is 127 Å². The Kier molecular flexibility index (Phi) is 7.22. The molecule has 0 radical (unpaired) electrons. The maximum Gasteiger partial charge on any atom is 0.262 e. The van der Waals surface area contributed by atoms with Gasteiger partial charge < -0.3 is 16.2 Å². The van der Waals surface area contributed by atoms with E-state index in [2.05, 4.69) is 25.3 Å². The number of rotatable bonds is 7. The van der Waals surface area contributed by atoms with Gasteiger partial charge in [-0.05, 0) is 39.0 Å². The second kappa shape index (κ2) is 10.1. The van der Waals surface area contributed by atoms with E-state index in [0.717, 1.165) is 24.3 Å². The highest BCUT2D eigenvalue weighted by molar-refractivity contribution is 6.35. The van der Waals surface area contributed by atoms with E-state index in [1.807, 2.05) is 0 Å². The number of benzene rings is 1. The Morgan fingerprint density at radius 2 is 1.76 bits per heavy atom. The van der Waals surface area contributed by atoms with Crippen molar-refractivity contribution < 1.29 is 27.5 Å². The molecule has 0 aliphatic rings. The van der Waals surface area contributed by atoms with Crippen LogP contribution in [-0.2, 0) is 5.60 Å². The Bertz CT molecular complexity index is 1540. The summed E-state index contributed by atoms with van der Waals surface area (Å²) >= 11 is 6.42.